The summed E-state index contributed by atoms with van der Waals surface area (Å²) in [4.78, 5) is 1.58. The van der Waals surface area contributed by atoms with Gasteiger partial charge in [0, 0.05) is 11.1 Å². The van der Waals surface area contributed by atoms with Gasteiger partial charge in [0.15, 0.2) is 9.84 Å². The Bertz CT molecular complexity index is 738. The third-order valence-electron chi connectivity index (χ3n) is 3.26. The molecule has 1 heterocycles. The molecule has 1 aromatic carbocycles. The molecule has 0 radical (unpaired) electrons. The zero-order valence-electron chi connectivity index (χ0n) is 12.2. The van der Waals surface area contributed by atoms with Crippen LogP contribution in [0.3, 0.4) is 0 Å². The van der Waals surface area contributed by atoms with Crippen molar-refractivity contribution >= 4 is 37.1 Å². The molecule has 0 spiro atoms. The number of hydrogen-bond acceptors (Lipinski definition) is 4. The molecule has 0 aliphatic carbocycles. The van der Waals surface area contributed by atoms with Gasteiger partial charge in [0.1, 0.15) is 0 Å². The molecule has 0 aliphatic rings. The minimum atomic E-state index is -3.20. The standard InChI is InChI=1S/C15H18BrNO2S2/c1-4-17-15(13-9-14(16)20-10(13)2)11-6-5-7-12(8-11)21(3,18)19/h5-9,15,17H,4H2,1-3H3. The summed E-state index contributed by atoms with van der Waals surface area (Å²) in [7, 11) is -3.20. The Hall–Kier alpha value is -0.690. The van der Waals surface area contributed by atoms with Crippen LogP contribution in [0.2, 0.25) is 0 Å². The lowest BCUT2D eigenvalue weighted by atomic mass is 9.99. The summed E-state index contributed by atoms with van der Waals surface area (Å²) in [5.74, 6) is 0. The zero-order valence-corrected chi connectivity index (χ0v) is 15.4. The topological polar surface area (TPSA) is 46.2 Å². The molecule has 0 saturated heterocycles. The number of thiophene rings is 1. The van der Waals surface area contributed by atoms with E-state index in [1.807, 2.05) is 13.0 Å². The van der Waals surface area contributed by atoms with Crippen molar-refractivity contribution in [2.24, 2.45) is 0 Å². The van der Waals surface area contributed by atoms with Gasteiger partial charge in [-0.2, -0.15) is 0 Å². The molecular weight excluding hydrogens is 370 g/mol. The summed E-state index contributed by atoms with van der Waals surface area (Å²) in [6.07, 6.45) is 1.24. The van der Waals surface area contributed by atoms with Gasteiger partial charge in [0.25, 0.3) is 0 Å². The first kappa shape index (κ1) is 16.7. The number of halogens is 1. The zero-order chi connectivity index (χ0) is 15.6. The van der Waals surface area contributed by atoms with E-state index in [0.717, 1.165) is 15.9 Å². The fourth-order valence-electron chi connectivity index (χ4n) is 2.28. The predicted octanol–water partition coefficient (Wildman–Crippen LogP) is 3.92. The Balaban J connectivity index is 2.51. The van der Waals surface area contributed by atoms with E-state index in [9.17, 15) is 8.42 Å². The molecule has 0 fully saturated rings. The quantitative estimate of drug-likeness (QED) is 0.845. The number of nitrogens with one attached hydrogen (secondary N) is 1. The first-order valence-electron chi connectivity index (χ1n) is 6.62. The summed E-state index contributed by atoms with van der Waals surface area (Å²) in [6, 6.07) is 9.26. The lowest BCUT2D eigenvalue weighted by Gasteiger charge is -2.19. The van der Waals surface area contributed by atoms with Crippen molar-refractivity contribution in [3.8, 4) is 0 Å². The summed E-state index contributed by atoms with van der Waals surface area (Å²) < 4.78 is 24.6. The first-order valence-corrected chi connectivity index (χ1v) is 10.1. The van der Waals surface area contributed by atoms with E-state index in [1.54, 1.807) is 29.5 Å². The van der Waals surface area contributed by atoms with Crippen molar-refractivity contribution in [1.82, 2.24) is 5.32 Å². The molecule has 1 atom stereocenters. The molecule has 21 heavy (non-hydrogen) atoms. The number of sulfone groups is 1. The van der Waals surface area contributed by atoms with Crippen molar-refractivity contribution in [2.75, 3.05) is 12.8 Å². The van der Waals surface area contributed by atoms with E-state index in [1.165, 1.54) is 16.7 Å². The van der Waals surface area contributed by atoms with Crippen molar-refractivity contribution < 1.29 is 8.42 Å². The summed E-state index contributed by atoms with van der Waals surface area (Å²) in [5.41, 5.74) is 2.15. The molecule has 114 valence electrons. The summed E-state index contributed by atoms with van der Waals surface area (Å²) in [5, 5.41) is 3.44. The highest BCUT2D eigenvalue weighted by Gasteiger charge is 2.19. The average molecular weight is 388 g/mol. The van der Waals surface area contributed by atoms with Gasteiger partial charge in [0.2, 0.25) is 0 Å². The van der Waals surface area contributed by atoms with Crippen LogP contribution in [0.5, 0.6) is 0 Å². The second-order valence-electron chi connectivity index (χ2n) is 4.90. The van der Waals surface area contributed by atoms with Crippen LogP contribution in [0.4, 0.5) is 0 Å². The Morgan fingerprint density at radius 2 is 2.05 bits per heavy atom. The van der Waals surface area contributed by atoms with Crippen molar-refractivity contribution in [2.45, 2.75) is 24.8 Å². The second kappa shape index (κ2) is 6.60. The van der Waals surface area contributed by atoms with E-state index >= 15 is 0 Å². The fourth-order valence-corrected chi connectivity index (χ4v) is 4.71. The largest absolute Gasteiger partial charge is 0.306 e. The molecule has 0 bridgehead atoms. The van der Waals surface area contributed by atoms with E-state index in [4.69, 9.17) is 0 Å². The van der Waals surface area contributed by atoms with Gasteiger partial charge in [-0.25, -0.2) is 8.42 Å². The lowest BCUT2D eigenvalue weighted by Crippen LogP contribution is -2.22. The average Bonchev–Trinajstić information content (AvgIpc) is 2.74. The maximum absolute atomic E-state index is 11.7. The molecule has 1 aromatic heterocycles. The van der Waals surface area contributed by atoms with Gasteiger partial charge in [-0.15, -0.1) is 11.3 Å². The van der Waals surface area contributed by atoms with Gasteiger partial charge in [0.05, 0.1) is 14.7 Å². The van der Waals surface area contributed by atoms with Crippen LogP contribution in [0.25, 0.3) is 0 Å². The molecule has 0 amide bonds. The molecular formula is C15H18BrNO2S2. The van der Waals surface area contributed by atoms with Crippen LogP contribution in [-0.2, 0) is 9.84 Å². The Morgan fingerprint density at radius 3 is 2.57 bits per heavy atom. The predicted molar refractivity (Wildman–Crippen MR) is 91.8 cm³/mol. The fraction of sp³-hybridized carbons (Fsp3) is 0.333. The van der Waals surface area contributed by atoms with Gasteiger partial charge in [-0.3, -0.25) is 0 Å². The highest BCUT2D eigenvalue weighted by molar-refractivity contribution is 9.11. The van der Waals surface area contributed by atoms with Gasteiger partial charge in [-0.1, -0.05) is 19.1 Å². The number of aryl methyl sites for hydroxylation is 1. The maximum Gasteiger partial charge on any atom is 0.175 e. The molecule has 0 aliphatic heterocycles. The van der Waals surface area contributed by atoms with Crippen molar-refractivity contribution in [3.63, 3.8) is 0 Å². The van der Waals surface area contributed by atoms with Crippen molar-refractivity contribution in [1.29, 1.82) is 0 Å². The van der Waals surface area contributed by atoms with Crippen LogP contribution in [0, 0.1) is 6.92 Å². The molecule has 3 nitrogen and oxygen atoms in total. The number of benzene rings is 1. The summed E-state index contributed by atoms with van der Waals surface area (Å²) in [6.45, 7) is 4.93. The normalized spacial score (nSPS) is 13.3. The molecule has 1 unspecified atom stereocenters. The Kier molecular flexibility index (Phi) is 5.24. The van der Waals surface area contributed by atoms with Gasteiger partial charge >= 0.3 is 0 Å². The Labute approximate surface area is 138 Å². The van der Waals surface area contributed by atoms with Crippen molar-refractivity contribution in [3.05, 3.63) is 50.1 Å². The van der Waals surface area contributed by atoms with Crippen LogP contribution in [0.15, 0.2) is 39.0 Å². The van der Waals surface area contributed by atoms with Crippen LogP contribution < -0.4 is 5.32 Å². The lowest BCUT2D eigenvalue weighted by molar-refractivity contribution is 0.600. The monoisotopic (exact) mass is 387 g/mol. The minimum absolute atomic E-state index is 0.000694. The maximum atomic E-state index is 11.7. The molecule has 0 saturated carbocycles. The van der Waals surface area contributed by atoms with Crippen LogP contribution >= 0.6 is 27.3 Å². The molecule has 2 rings (SSSR count). The SMILES string of the molecule is CCNC(c1cccc(S(C)(=O)=O)c1)c1cc(Br)sc1C. The third kappa shape index (κ3) is 3.94. The van der Waals surface area contributed by atoms with E-state index in [0.29, 0.717) is 4.90 Å². The van der Waals surface area contributed by atoms with Gasteiger partial charge in [-0.05, 0) is 58.7 Å². The smallest absolute Gasteiger partial charge is 0.175 e. The second-order valence-corrected chi connectivity index (χ2v) is 9.55. The third-order valence-corrected chi connectivity index (χ3v) is 5.94. The minimum Gasteiger partial charge on any atom is -0.306 e. The van der Waals surface area contributed by atoms with Crippen LogP contribution in [-0.4, -0.2) is 21.2 Å². The molecule has 6 heteroatoms. The first-order chi connectivity index (χ1) is 9.82. The van der Waals surface area contributed by atoms with Gasteiger partial charge < -0.3 is 5.32 Å². The van der Waals surface area contributed by atoms with Crippen LogP contribution in [0.1, 0.15) is 29.0 Å². The molecule has 2 aromatic rings. The Morgan fingerprint density at radius 1 is 1.33 bits per heavy atom. The summed E-state index contributed by atoms with van der Waals surface area (Å²) >= 11 is 5.20. The number of hydrogen-bond donors (Lipinski definition) is 1. The highest BCUT2D eigenvalue weighted by Crippen LogP contribution is 2.34. The highest BCUT2D eigenvalue weighted by atomic mass is 79.9. The van der Waals surface area contributed by atoms with E-state index in [-0.39, 0.29) is 6.04 Å². The molecule has 1 N–H and O–H groups in total. The van der Waals surface area contributed by atoms with E-state index in [2.05, 4.69) is 34.2 Å². The van der Waals surface area contributed by atoms with E-state index < -0.39 is 9.84 Å². The number of rotatable bonds is 5.